The number of benzene rings is 2. The quantitative estimate of drug-likeness (QED) is 0.349. The lowest BCUT2D eigenvalue weighted by atomic mass is 10.0. The Balaban J connectivity index is 2.49. The lowest BCUT2D eigenvalue weighted by molar-refractivity contribution is -0.384. The number of nitriles is 1. The summed E-state index contributed by atoms with van der Waals surface area (Å²) < 4.78 is 10.4. The van der Waals surface area contributed by atoms with E-state index in [1.54, 1.807) is 18.2 Å². The van der Waals surface area contributed by atoms with Crippen LogP contribution in [0.25, 0.3) is 11.6 Å². The molecule has 6 nitrogen and oxygen atoms in total. The van der Waals surface area contributed by atoms with E-state index in [-0.39, 0.29) is 5.69 Å². The van der Waals surface area contributed by atoms with E-state index in [2.05, 4.69) is 6.07 Å². The van der Waals surface area contributed by atoms with Crippen molar-refractivity contribution in [1.29, 1.82) is 5.26 Å². The first kappa shape index (κ1) is 17.3. The van der Waals surface area contributed by atoms with Crippen LogP contribution in [0, 0.1) is 21.4 Å². The third-order valence-electron chi connectivity index (χ3n) is 3.31. The van der Waals surface area contributed by atoms with Gasteiger partial charge in [-0.15, -0.1) is 0 Å². The Hall–Kier alpha value is -3.04. The highest BCUT2D eigenvalue weighted by Gasteiger charge is 2.11. The zero-order valence-electron chi connectivity index (χ0n) is 12.9. The highest BCUT2D eigenvalue weighted by Crippen LogP contribution is 2.34. The van der Waals surface area contributed by atoms with Crippen LogP contribution < -0.4 is 9.47 Å². The highest BCUT2D eigenvalue weighted by atomic mass is 35.5. The van der Waals surface area contributed by atoms with Gasteiger partial charge in [0.15, 0.2) is 0 Å². The van der Waals surface area contributed by atoms with Crippen molar-refractivity contribution in [3.63, 3.8) is 0 Å². The van der Waals surface area contributed by atoms with Crippen LogP contribution in [0.15, 0.2) is 36.4 Å². The number of hydrogen-bond acceptors (Lipinski definition) is 5. The van der Waals surface area contributed by atoms with Gasteiger partial charge in [0.05, 0.1) is 35.8 Å². The number of nitro benzene ring substituents is 1. The van der Waals surface area contributed by atoms with Gasteiger partial charge in [0, 0.05) is 23.8 Å². The van der Waals surface area contributed by atoms with Gasteiger partial charge in [-0.2, -0.15) is 5.26 Å². The Morgan fingerprint density at radius 2 is 1.83 bits per heavy atom. The largest absolute Gasteiger partial charge is 0.496 e. The van der Waals surface area contributed by atoms with Crippen LogP contribution in [0.5, 0.6) is 11.5 Å². The molecular weight excluding hydrogens is 332 g/mol. The number of ether oxygens (including phenoxy) is 2. The second-order valence-corrected chi connectivity index (χ2v) is 5.11. The Kier molecular flexibility index (Phi) is 5.40. The van der Waals surface area contributed by atoms with E-state index in [4.69, 9.17) is 21.1 Å². The van der Waals surface area contributed by atoms with E-state index < -0.39 is 4.92 Å². The number of methoxy groups -OCH3 is 2. The molecule has 0 aliphatic carbocycles. The molecule has 0 radical (unpaired) electrons. The second-order valence-electron chi connectivity index (χ2n) is 4.70. The molecule has 0 unspecified atom stereocenters. The minimum absolute atomic E-state index is 0.0406. The number of nitrogens with zero attached hydrogens (tertiary/aromatic N) is 2. The van der Waals surface area contributed by atoms with Crippen LogP contribution in [0.2, 0.25) is 5.02 Å². The SMILES string of the molecule is COc1cc(OC)c(C=C(C#N)c2ccc([N+](=O)[O-])cc2)cc1Cl. The maximum absolute atomic E-state index is 10.7. The van der Waals surface area contributed by atoms with Gasteiger partial charge in [0.1, 0.15) is 11.5 Å². The van der Waals surface area contributed by atoms with E-state index >= 15 is 0 Å². The van der Waals surface area contributed by atoms with Crippen molar-refractivity contribution in [2.45, 2.75) is 0 Å². The lowest BCUT2D eigenvalue weighted by Crippen LogP contribution is -1.92. The van der Waals surface area contributed by atoms with E-state index in [9.17, 15) is 15.4 Å². The molecule has 0 saturated carbocycles. The number of non-ortho nitro benzene ring substituents is 1. The average molecular weight is 345 g/mol. The minimum atomic E-state index is -0.494. The maximum atomic E-state index is 10.7. The standard InChI is InChI=1S/C17H13ClN2O4/c1-23-16-9-17(24-2)15(18)8-12(16)7-13(10-19)11-3-5-14(6-4-11)20(21)22/h3-9H,1-2H3. The summed E-state index contributed by atoms with van der Waals surface area (Å²) in [5.41, 5.74) is 1.43. The summed E-state index contributed by atoms with van der Waals surface area (Å²) in [4.78, 5) is 10.2. The molecule has 0 N–H and O–H groups in total. The smallest absolute Gasteiger partial charge is 0.269 e. The van der Waals surface area contributed by atoms with Crippen molar-refractivity contribution in [1.82, 2.24) is 0 Å². The van der Waals surface area contributed by atoms with Crippen LogP contribution in [0.3, 0.4) is 0 Å². The molecule has 2 rings (SSSR count). The van der Waals surface area contributed by atoms with Gasteiger partial charge >= 0.3 is 0 Å². The van der Waals surface area contributed by atoms with Crippen LogP contribution in [0.4, 0.5) is 5.69 Å². The number of nitro groups is 1. The molecule has 0 fully saturated rings. The second kappa shape index (κ2) is 7.49. The van der Waals surface area contributed by atoms with Gasteiger partial charge in [-0.05, 0) is 29.8 Å². The van der Waals surface area contributed by atoms with Gasteiger partial charge in [0.2, 0.25) is 0 Å². The maximum Gasteiger partial charge on any atom is 0.269 e. The van der Waals surface area contributed by atoms with Crippen LogP contribution in [-0.4, -0.2) is 19.1 Å². The Labute approximate surface area is 143 Å². The van der Waals surface area contributed by atoms with E-state index in [1.807, 2.05) is 0 Å². The van der Waals surface area contributed by atoms with E-state index in [0.29, 0.717) is 33.2 Å². The molecule has 0 heterocycles. The molecule has 0 aliphatic heterocycles. The third kappa shape index (κ3) is 3.65. The lowest BCUT2D eigenvalue weighted by Gasteiger charge is -2.10. The molecule has 24 heavy (non-hydrogen) atoms. The summed E-state index contributed by atoms with van der Waals surface area (Å²) in [7, 11) is 2.99. The van der Waals surface area contributed by atoms with Crippen molar-refractivity contribution >= 4 is 28.9 Å². The normalized spacial score (nSPS) is 10.8. The number of rotatable bonds is 5. The predicted molar refractivity (Wildman–Crippen MR) is 91.1 cm³/mol. The average Bonchev–Trinajstić information content (AvgIpc) is 2.59. The van der Waals surface area contributed by atoms with Gasteiger partial charge in [-0.3, -0.25) is 10.1 Å². The first-order valence-electron chi connectivity index (χ1n) is 6.78. The zero-order chi connectivity index (χ0) is 17.7. The molecule has 0 aromatic heterocycles. The summed E-state index contributed by atoms with van der Waals surface area (Å²) in [5, 5.41) is 20.5. The number of halogens is 1. The van der Waals surface area contributed by atoms with Crippen molar-refractivity contribution in [3.05, 3.63) is 62.7 Å². The van der Waals surface area contributed by atoms with Crippen molar-refractivity contribution in [2.24, 2.45) is 0 Å². The molecule has 0 aliphatic rings. The van der Waals surface area contributed by atoms with Crippen molar-refractivity contribution < 1.29 is 14.4 Å². The first-order chi connectivity index (χ1) is 11.5. The molecule has 7 heteroatoms. The fourth-order valence-electron chi connectivity index (χ4n) is 2.09. The monoisotopic (exact) mass is 344 g/mol. The molecule has 0 spiro atoms. The number of allylic oxidation sites excluding steroid dienone is 1. The molecule has 0 atom stereocenters. The Bertz CT molecular complexity index is 839. The fraction of sp³-hybridized carbons (Fsp3) is 0.118. The number of hydrogen-bond donors (Lipinski definition) is 0. The van der Waals surface area contributed by atoms with Crippen LogP contribution >= 0.6 is 11.6 Å². The van der Waals surface area contributed by atoms with Crippen LogP contribution in [0.1, 0.15) is 11.1 Å². The molecule has 0 saturated heterocycles. The van der Waals surface area contributed by atoms with Gasteiger partial charge in [-0.25, -0.2) is 0 Å². The van der Waals surface area contributed by atoms with Gasteiger partial charge < -0.3 is 9.47 Å². The molecule has 0 amide bonds. The Morgan fingerprint density at radius 3 is 2.33 bits per heavy atom. The van der Waals surface area contributed by atoms with E-state index in [0.717, 1.165) is 0 Å². The summed E-state index contributed by atoms with van der Waals surface area (Å²) in [6, 6.07) is 11.1. The highest BCUT2D eigenvalue weighted by molar-refractivity contribution is 6.32. The zero-order valence-corrected chi connectivity index (χ0v) is 13.7. The van der Waals surface area contributed by atoms with Crippen molar-refractivity contribution in [3.8, 4) is 17.6 Å². The van der Waals surface area contributed by atoms with E-state index in [1.165, 1.54) is 38.5 Å². The fourth-order valence-corrected chi connectivity index (χ4v) is 2.34. The first-order valence-corrected chi connectivity index (χ1v) is 7.16. The summed E-state index contributed by atoms with van der Waals surface area (Å²) in [5.74, 6) is 0.949. The van der Waals surface area contributed by atoms with Crippen molar-refractivity contribution in [2.75, 3.05) is 14.2 Å². The summed E-state index contributed by atoms with van der Waals surface area (Å²) >= 11 is 6.12. The molecule has 2 aromatic rings. The molecular formula is C17H13ClN2O4. The Morgan fingerprint density at radius 1 is 1.21 bits per heavy atom. The molecule has 2 aromatic carbocycles. The minimum Gasteiger partial charge on any atom is -0.496 e. The molecule has 0 bridgehead atoms. The molecule has 122 valence electrons. The third-order valence-corrected chi connectivity index (χ3v) is 3.61. The van der Waals surface area contributed by atoms with Gasteiger partial charge in [0.25, 0.3) is 5.69 Å². The topological polar surface area (TPSA) is 85.4 Å². The summed E-state index contributed by atoms with van der Waals surface area (Å²) in [6.45, 7) is 0. The van der Waals surface area contributed by atoms with Gasteiger partial charge in [-0.1, -0.05) is 11.6 Å². The predicted octanol–water partition coefficient (Wildman–Crippen LogP) is 4.33. The summed E-state index contributed by atoms with van der Waals surface area (Å²) in [6.07, 6.45) is 1.60. The van der Waals surface area contributed by atoms with Crippen LogP contribution in [-0.2, 0) is 0 Å².